The fourth-order valence-corrected chi connectivity index (χ4v) is 2.13. The first-order valence-corrected chi connectivity index (χ1v) is 6.51. The van der Waals surface area contributed by atoms with E-state index in [4.69, 9.17) is 0 Å². The Kier molecular flexibility index (Phi) is 2.91. The minimum atomic E-state index is 0.504. The molecule has 2 aromatic heterocycles. The standard InChI is InChI=1S/C13H19N5/c1-10(17(2)11-6-7-11)9-14-13-15-12-5-3-4-8-18(12)16-13/h3-5,8,10-11H,6-7,9H2,1-2H3,(H,14,16). The van der Waals surface area contributed by atoms with Gasteiger partial charge in [-0.2, -0.15) is 4.98 Å². The van der Waals surface area contributed by atoms with Gasteiger partial charge in [0.15, 0.2) is 5.65 Å². The third-order valence-corrected chi connectivity index (χ3v) is 3.61. The molecule has 5 nitrogen and oxygen atoms in total. The molecule has 0 amide bonds. The molecule has 1 N–H and O–H groups in total. The average Bonchev–Trinajstić information content (AvgIpc) is 3.14. The highest BCUT2D eigenvalue weighted by atomic mass is 15.3. The zero-order valence-corrected chi connectivity index (χ0v) is 10.9. The Morgan fingerprint density at radius 2 is 2.33 bits per heavy atom. The van der Waals surface area contributed by atoms with Crippen LogP contribution < -0.4 is 5.32 Å². The molecular weight excluding hydrogens is 226 g/mol. The molecule has 96 valence electrons. The van der Waals surface area contributed by atoms with E-state index in [-0.39, 0.29) is 0 Å². The summed E-state index contributed by atoms with van der Waals surface area (Å²) in [4.78, 5) is 6.86. The molecule has 1 saturated carbocycles. The maximum Gasteiger partial charge on any atom is 0.243 e. The van der Waals surface area contributed by atoms with Gasteiger partial charge in [-0.3, -0.25) is 4.90 Å². The van der Waals surface area contributed by atoms with Crippen molar-refractivity contribution in [3.05, 3.63) is 24.4 Å². The zero-order chi connectivity index (χ0) is 12.5. The van der Waals surface area contributed by atoms with Crippen molar-refractivity contribution in [1.82, 2.24) is 19.5 Å². The Hall–Kier alpha value is -1.62. The molecule has 1 unspecified atom stereocenters. The van der Waals surface area contributed by atoms with E-state index in [1.807, 2.05) is 24.4 Å². The summed E-state index contributed by atoms with van der Waals surface area (Å²) in [6.45, 7) is 3.12. The summed E-state index contributed by atoms with van der Waals surface area (Å²) < 4.78 is 1.79. The molecule has 1 fully saturated rings. The Morgan fingerprint density at radius 1 is 1.50 bits per heavy atom. The van der Waals surface area contributed by atoms with Crippen molar-refractivity contribution in [3.8, 4) is 0 Å². The lowest BCUT2D eigenvalue weighted by atomic mass is 10.3. The van der Waals surface area contributed by atoms with Gasteiger partial charge in [0.25, 0.3) is 0 Å². The Bertz CT molecular complexity index is 498. The van der Waals surface area contributed by atoms with E-state index >= 15 is 0 Å². The van der Waals surface area contributed by atoms with E-state index in [1.165, 1.54) is 12.8 Å². The van der Waals surface area contributed by atoms with Crippen LogP contribution in [0.1, 0.15) is 19.8 Å². The highest BCUT2D eigenvalue weighted by Crippen LogP contribution is 2.26. The van der Waals surface area contributed by atoms with Gasteiger partial charge in [0.05, 0.1) is 0 Å². The number of anilines is 1. The van der Waals surface area contributed by atoms with Gasteiger partial charge in [-0.1, -0.05) is 6.07 Å². The lowest BCUT2D eigenvalue weighted by Gasteiger charge is -2.24. The maximum atomic E-state index is 4.43. The molecule has 2 heterocycles. The SMILES string of the molecule is CC(CNc1nc2ccccn2n1)N(C)C1CC1. The molecule has 0 aliphatic heterocycles. The first-order chi connectivity index (χ1) is 8.74. The van der Waals surface area contributed by atoms with Crippen LogP contribution in [0.4, 0.5) is 5.95 Å². The highest BCUT2D eigenvalue weighted by Gasteiger charge is 2.28. The fraction of sp³-hybridized carbons (Fsp3) is 0.538. The van der Waals surface area contributed by atoms with Gasteiger partial charge >= 0.3 is 0 Å². The van der Waals surface area contributed by atoms with Gasteiger partial charge in [0.1, 0.15) is 0 Å². The largest absolute Gasteiger partial charge is 0.351 e. The molecule has 5 heteroatoms. The van der Waals surface area contributed by atoms with E-state index in [0.717, 1.165) is 18.2 Å². The van der Waals surface area contributed by atoms with Gasteiger partial charge in [-0.25, -0.2) is 4.52 Å². The quantitative estimate of drug-likeness (QED) is 0.869. The molecular formula is C13H19N5. The summed E-state index contributed by atoms with van der Waals surface area (Å²) in [7, 11) is 2.20. The first kappa shape index (κ1) is 11.5. The predicted molar refractivity (Wildman–Crippen MR) is 71.7 cm³/mol. The molecule has 0 spiro atoms. The normalized spacial score (nSPS) is 17.3. The second-order valence-electron chi connectivity index (χ2n) is 5.07. The lowest BCUT2D eigenvalue weighted by molar-refractivity contribution is 0.257. The average molecular weight is 245 g/mol. The molecule has 18 heavy (non-hydrogen) atoms. The van der Waals surface area contributed by atoms with Crippen molar-refractivity contribution >= 4 is 11.6 Å². The van der Waals surface area contributed by atoms with Crippen molar-refractivity contribution in [1.29, 1.82) is 0 Å². The van der Waals surface area contributed by atoms with Gasteiger partial charge in [0, 0.05) is 24.8 Å². The topological polar surface area (TPSA) is 45.5 Å². The van der Waals surface area contributed by atoms with Crippen LogP contribution in [0.3, 0.4) is 0 Å². The monoisotopic (exact) mass is 245 g/mol. The van der Waals surface area contributed by atoms with Crippen LogP contribution in [0.25, 0.3) is 5.65 Å². The minimum Gasteiger partial charge on any atom is -0.351 e. The molecule has 1 aliphatic rings. The predicted octanol–water partition coefficient (Wildman–Crippen LogP) is 1.62. The van der Waals surface area contributed by atoms with Crippen molar-refractivity contribution in [2.45, 2.75) is 31.8 Å². The van der Waals surface area contributed by atoms with Gasteiger partial charge in [-0.15, -0.1) is 5.10 Å². The Morgan fingerprint density at radius 3 is 3.06 bits per heavy atom. The van der Waals surface area contributed by atoms with Crippen LogP contribution in [0.15, 0.2) is 24.4 Å². The van der Waals surface area contributed by atoms with Crippen LogP contribution in [0.2, 0.25) is 0 Å². The number of likely N-dealkylation sites (N-methyl/N-ethyl adjacent to an activating group) is 1. The number of nitrogens with one attached hydrogen (secondary N) is 1. The number of rotatable bonds is 5. The Labute approximate surface area is 107 Å². The maximum absolute atomic E-state index is 4.43. The smallest absolute Gasteiger partial charge is 0.243 e. The summed E-state index contributed by atoms with van der Waals surface area (Å²) in [6, 6.07) is 7.17. The van der Waals surface area contributed by atoms with Crippen LogP contribution in [-0.4, -0.2) is 45.2 Å². The molecule has 0 saturated heterocycles. The number of fused-ring (bicyclic) bond motifs is 1. The molecule has 1 atom stereocenters. The minimum absolute atomic E-state index is 0.504. The number of hydrogen-bond acceptors (Lipinski definition) is 4. The second kappa shape index (κ2) is 4.57. The third-order valence-electron chi connectivity index (χ3n) is 3.61. The van der Waals surface area contributed by atoms with E-state index in [0.29, 0.717) is 12.0 Å². The molecule has 2 aromatic rings. The van der Waals surface area contributed by atoms with E-state index in [1.54, 1.807) is 4.52 Å². The number of hydrogen-bond donors (Lipinski definition) is 1. The van der Waals surface area contributed by atoms with Crippen LogP contribution >= 0.6 is 0 Å². The summed E-state index contributed by atoms with van der Waals surface area (Å²) in [5.74, 6) is 0.706. The number of nitrogens with zero attached hydrogens (tertiary/aromatic N) is 4. The molecule has 1 aliphatic carbocycles. The van der Waals surface area contributed by atoms with Gasteiger partial charge in [-0.05, 0) is 38.9 Å². The summed E-state index contributed by atoms with van der Waals surface area (Å²) in [6.07, 6.45) is 4.59. The van der Waals surface area contributed by atoms with Crippen molar-refractivity contribution in [3.63, 3.8) is 0 Å². The summed E-state index contributed by atoms with van der Waals surface area (Å²) in [5.41, 5.74) is 0.878. The van der Waals surface area contributed by atoms with Crippen LogP contribution in [0.5, 0.6) is 0 Å². The zero-order valence-electron chi connectivity index (χ0n) is 10.9. The van der Waals surface area contributed by atoms with Crippen LogP contribution in [-0.2, 0) is 0 Å². The third kappa shape index (κ3) is 2.31. The van der Waals surface area contributed by atoms with Crippen molar-refractivity contribution in [2.24, 2.45) is 0 Å². The molecule has 0 aromatic carbocycles. The van der Waals surface area contributed by atoms with Crippen LogP contribution in [0, 0.1) is 0 Å². The molecule has 3 rings (SSSR count). The first-order valence-electron chi connectivity index (χ1n) is 6.51. The van der Waals surface area contributed by atoms with Gasteiger partial charge in [0.2, 0.25) is 5.95 Å². The number of aromatic nitrogens is 3. The number of pyridine rings is 1. The molecule has 0 bridgehead atoms. The summed E-state index contributed by atoms with van der Waals surface area (Å²) in [5, 5.41) is 7.69. The Balaban J connectivity index is 1.61. The summed E-state index contributed by atoms with van der Waals surface area (Å²) >= 11 is 0. The lowest BCUT2D eigenvalue weighted by Crippen LogP contribution is -2.36. The van der Waals surface area contributed by atoms with Gasteiger partial charge < -0.3 is 5.32 Å². The van der Waals surface area contributed by atoms with E-state index in [2.05, 4.69) is 34.3 Å². The van der Waals surface area contributed by atoms with E-state index < -0.39 is 0 Å². The van der Waals surface area contributed by atoms with E-state index in [9.17, 15) is 0 Å². The van der Waals surface area contributed by atoms with Crippen molar-refractivity contribution in [2.75, 3.05) is 18.9 Å². The molecule has 0 radical (unpaired) electrons. The van der Waals surface area contributed by atoms with Crippen molar-refractivity contribution < 1.29 is 0 Å². The second-order valence-corrected chi connectivity index (χ2v) is 5.07. The highest BCUT2D eigenvalue weighted by molar-refractivity contribution is 5.42. The fourth-order valence-electron chi connectivity index (χ4n) is 2.13.